The summed E-state index contributed by atoms with van der Waals surface area (Å²) in [6, 6.07) is 2.72. The highest BCUT2D eigenvalue weighted by Gasteiger charge is 2.28. The van der Waals surface area contributed by atoms with E-state index in [0.717, 1.165) is 19.4 Å². The van der Waals surface area contributed by atoms with Crippen LogP contribution in [0.4, 0.5) is 0 Å². The van der Waals surface area contributed by atoms with Gasteiger partial charge in [-0.1, -0.05) is 0 Å². The Morgan fingerprint density at radius 2 is 2.29 bits per heavy atom. The maximum atomic E-state index is 11.2. The Morgan fingerprint density at radius 3 is 2.88 bits per heavy atom. The van der Waals surface area contributed by atoms with E-state index in [0.29, 0.717) is 19.1 Å². The van der Waals surface area contributed by atoms with Crippen LogP contribution in [0.2, 0.25) is 0 Å². The van der Waals surface area contributed by atoms with E-state index in [9.17, 15) is 4.79 Å². The zero-order valence-corrected chi connectivity index (χ0v) is 10.1. The first kappa shape index (κ1) is 12.3. The number of hydrogen-bond acceptors (Lipinski definition) is 4. The van der Waals surface area contributed by atoms with Crippen molar-refractivity contribution >= 4 is 5.91 Å². The first-order chi connectivity index (χ1) is 8.19. The van der Waals surface area contributed by atoms with Crippen LogP contribution < -0.4 is 11.1 Å². The number of rotatable bonds is 5. The quantitative estimate of drug-likeness (QED) is 0.694. The third-order valence-corrected chi connectivity index (χ3v) is 3.52. The molecule has 3 N–H and O–H groups in total. The van der Waals surface area contributed by atoms with E-state index >= 15 is 0 Å². The molecular formula is C12H20N4O. The van der Waals surface area contributed by atoms with Crippen molar-refractivity contribution in [1.29, 1.82) is 5.26 Å². The van der Waals surface area contributed by atoms with E-state index in [1.165, 1.54) is 12.8 Å². The molecule has 1 amide bonds. The minimum Gasteiger partial charge on any atom is -0.369 e. The Labute approximate surface area is 102 Å². The molecule has 2 atom stereocenters. The first-order valence-corrected chi connectivity index (χ1v) is 6.36. The number of nitrogens with two attached hydrogens (primary N) is 1. The number of carbonyl (C=O) groups is 1. The van der Waals surface area contributed by atoms with E-state index in [-0.39, 0.29) is 17.9 Å². The summed E-state index contributed by atoms with van der Waals surface area (Å²) in [5.74, 6) is -0.248. The van der Waals surface area contributed by atoms with Gasteiger partial charge in [-0.15, -0.1) is 0 Å². The van der Waals surface area contributed by atoms with Gasteiger partial charge in [-0.05, 0) is 32.2 Å². The highest BCUT2D eigenvalue weighted by Crippen LogP contribution is 2.20. The molecule has 1 saturated heterocycles. The van der Waals surface area contributed by atoms with E-state index < -0.39 is 0 Å². The van der Waals surface area contributed by atoms with Crippen molar-refractivity contribution in [2.45, 2.75) is 37.8 Å². The zero-order chi connectivity index (χ0) is 12.3. The largest absolute Gasteiger partial charge is 0.369 e. The number of likely N-dealkylation sites (tertiary alicyclic amines) is 1. The van der Waals surface area contributed by atoms with Gasteiger partial charge in [0.25, 0.3) is 0 Å². The lowest BCUT2D eigenvalue weighted by Crippen LogP contribution is -2.47. The monoisotopic (exact) mass is 236 g/mol. The lowest BCUT2D eigenvalue weighted by Gasteiger charge is -2.32. The van der Waals surface area contributed by atoms with Gasteiger partial charge in [0.05, 0.1) is 12.0 Å². The summed E-state index contributed by atoms with van der Waals surface area (Å²) in [5, 5.41) is 12.4. The molecule has 1 aliphatic carbocycles. The summed E-state index contributed by atoms with van der Waals surface area (Å²) >= 11 is 0. The maximum Gasteiger partial charge on any atom is 0.221 e. The minimum absolute atomic E-state index is 0.0379. The fourth-order valence-electron chi connectivity index (χ4n) is 2.38. The molecule has 0 aromatic rings. The molecule has 2 unspecified atom stereocenters. The number of nitrogens with zero attached hydrogens (tertiary/aromatic N) is 2. The van der Waals surface area contributed by atoms with E-state index in [2.05, 4.69) is 16.3 Å². The number of hydrogen-bond donors (Lipinski definition) is 2. The molecule has 0 spiro atoms. The van der Waals surface area contributed by atoms with Crippen molar-refractivity contribution in [3.8, 4) is 6.07 Å². The van der Waals surface area contributed by atoms with Gasteiger partial charge in [0, 0.05) is 19.1 Å². The zero-order valence-electron chi connectivity index (χ0n) is 10.1. The molecule has 5 nitrogen and oxygen atoms in total. The van der Waals surface area contributed by atoms with Crippen LogP contribution in [0.1, 0.15) is 25.7 Å². The van der Waals surface area contributed by atoms with Crippen LogP contribution in [0.5, 0.6) is 0 Å². The number of amides is 1. The van der Waals surface area contributed by atoms with Crippen LogP contribution in [0.25, 0.3) is 0 Å². The van der Waals surface area contributed by atoms with Gasteiger partial charge in [0.15, 0.2) is 0 Å². The van der Waals surface area contributed by atoms with Gasteiger partial charge >= 0.3 is 0 Å². The summed E-state index contributed by atoms with van der Waals surface area (Å²) in [6.45, 7) is 2.38. The highest BCUT2D eigenvalue weighted by atomic mass is 16.1. The third-order valence-electron chi connectivity index (χ3n) is 3.52. The summed E-state index contributed by atoms with van der Waals surface area (Å²) < 4.78 is 0. The number of nitrogens with one attached hydrogen (secondary N) is 1. The third kappa shape index (κ3) is 3.69. The van der Waals surface area contributed by atoms with E-state index in [4.69, 9.17) is 11.0 Å². The van der Waals surface area contributed by atoms with Gasteiger partial charge in [0.2, 0.25) is 5.91 Å². The van der Waals surface area contributed by atoms with Crippen molar-refractivity contribution in [3.63, 3.8) is 0 Å². The first-order valence-electron chi connectivity index (χ1n) is 6.36. The summed E-state index contributed by atoms with van der Waals surface area (Å²) in [6.07, 6.45) is 4.25. The standard InChI is InChI=1S/C12H20N4O/c13-6-11(15-10-3-4-10)8-16-5-1-2-9(7-16)12(14)17/h9-11,15H,1-5,7-8H2,(H2,14,17). The molecule has 1 saturated carbocycles. The van der Waals surface area contributed by atoms with Crippen molar-refractivity contribution in [3.05, 3.63) is 0 Å². The minimum atomic E-state index is -0.210. The molecule has 0 bridgehead atoms. The lowest BCUT2D eigenvalue weighted by molar-refractivity contribution is -0.123. The van der Waals surface area contributed by atoms with Gasteiger partial charge in [-0.25, -0.2) is 0 Å². The van der Waals surface area contributed by atoms with Gasteiger partial charge in [-0.2, -0.15) is 5.26 Å². The lowest BCUT2D eigenvalue weighted by atomic mass is 9.97. The summed E-state index contributed by atoms with van der Waals surface area (Å²) in [7, 11) is 0. The summed E-state index contributed by atoms with van der Waals surface area (Å²) in [4.78, 5) is 13.3. The van der Waals surface area contributed by atoms with Gasteiger partial charge in [-0.3, -0.25) is 15.0 Å². The molecule has 5 heteroatoms. The molecule has 2 fully saturated rings. The Kier molecular flexibility index (Phi) is 3.97. The normalized spacial score (nSPS) is 27.4. The predicted molar refractivity (Wildman–Crippen MR) is 63.9 cm³/mol. The SMILES string of the molecule is N#CC(CN1CCCC(C(N)=O)C1)NC1CC1. The molecule has 0 aromatic carbocycles. The van der Waals surface area contributed by atoms with Crippen LogP contribution in [0.15, 0.2) is 0 Å². The number of carbonyl (C=O) groups excluding carboxylic acids is 1. The van der Waals surface area contributed by atoms with E-state index in [1.807, 2.05) is 0 Å². The number of piperidine rings is 1. The molecular weight excluding hydrogens is 216 g/mol. The van der Waals surface area contributed by atoms with Crippen LogP contribution in [-0.4, -0.2) is 42.5 Å². The van der Waals surface area contributed by atoms with Crippen molar-refractivity contribution in [2.75, 3.05) is 19.6 Å². The molecule has 1 heterocycles. The average Bonchev–Trinajstić information content (AvgIpc) is 3.12. The molecule has 1 aliphatic heterocycles. The average molecular weight is 236 g/mol. The summed E-state index contributed by atoms with van der Waals surface area (Å²) in [5.41, 5.74) is 5.34. The Hall–Kier alpha value is -1.12. The Balaban J connectivity index is 1.80. The molecule has 2 aliphatic rings. The Morgan fingerprint density at radius 1 is 1.53 bits per heavy atom. The smallest absolute Gasteiger partial charge is 0.221 e. The molecule has 0 aromatic heterocycles. The number of primary amides is 1. The molecule has 94 valence electrons. The maximum absolute atomic E-state index is 11.2. The molecule has 17 heavy (non-hydrogen) atoms. The Bertz CT molecular complexity index is 321. The van der Waals surface area contributed by atoms with Crippen LogP contribution in [0.3, 0.4) is 0 Å². The van der Waals surface area contributed by atoms with Crippen LogP contribution in [-0.2, 0) is 4.79 Å². The van der Waals surface area contributed by atoms with Crippen molar-refractivity contribution < 1.29 is 4.79 Å². The predicted octanol–water partition coefficient (Wildman–Crippen LogP) is -0.172. The second kappa shape index (κ2) is 5.48. The molecule has 2 rings (SSSR count). The highest BCUT2D eigenvalue weighted by molar-refractivity contribution is 5.76. The number of nitriles is 1. The van der Waals surface area contributed by atoms with E-state index in [1.54, 1.807) is 0 Å². The molecule has 0 radical (unpaired) electrons. The van der Waals surface area contributed by atoms with Gasteiger partial charge < -0.3 is 5.73 Å². The fourth-order valence-corrected chi connectivity index (χ4v) is 2.38. The van der Waals surface area contributed by atoms with Crippen molar-refractivity contribution in [1.82, 2.24) is 10.2 Å². The second-order valence-electron chi connectivity index (χ2n) is 5.12. The van der Waals surface area contributed by atoms with Crippen LogP contribution >= 0.6 is 0 Å². The van der Waals surface area contributed by atoms with Gasteiger partial charge in [0.1, 0.15) is 6.04 Å². The fraction of sp³-hybridized carbons (Fsp3) is 0.833. The second-order valence-corrected chi connectivity index (χ2v) is 5.12. The topological polar surface area (TPSA) is 82.2 Å². The van der Waals surface area contributed by atoms with Crippen LogP contribution in [0, 0.1) is 17.2 Å². The van der Waals surface area contributed by atoms with Crippen molar-refractivity contribution in [2.24, 2.45) is 11.7 Å².